The molecule has 2 aromatic carbocycles. The third-order valence-electron chi connectivity index (χ3n) is 2.86. The zero-order valence-electron chi connectivity index (χ0n) is 9.59. The van der Waals surface area contributed by atoms with Crippen LogP contribution in [0.5, 0.6) is 23.0 Å². The third-order valence-corrected chi connectivity index (χ3v) is 2.86. The minimum atomic E-state index is 0.0563. The van der Waals surface area contributed by atoms with E-state index in [1.807, 2.05) is 0 Å². The molecule has 4 heteroatoms. The van der Waals surface area contributed by atoms with Crippen molar-refractivity contribution in [2.45, 2.75) is 0 Å². The summed E-state index contributed by atoms with van der Waals surface area (Å²) in [5.74, 6) is 1.20. The Labute approximate surface area is 104 Å². The normalized spacial score (nSPS) is 13.3. The third kappa shape index (κ3) is 1.62. The van der Waals surface area contributed by atoms with E-state index in [1.165, 1.54) is 0 Å². The molecule has 4 nitrogen and oxygen atoms in total. The summed E-state index contributed by atoms with van der Waals surface area (Å²) < 4.78 is 11.1. The SMILES string of the molecule is Oc1cccc2c1-c1c(O)cccc1OCCO2. The van der Waals surface area contributed by atoms with Crippen LogP contribution in [0.1, 0.15) is 0 Å². The van der Waals surface area contributed by atoms with Gasteiger partial charge in [0, 0.05) is 0 Å². The molecule has 0 unspecified atom stereocenters. The molecule has 3 rings (SSSR count). The lowest BCUT2D eigenvalue weighted by Crippen LogP contribution is -2.12. The Hall–Kier alpha value is -2.36. The van der Waals surface area contributed by atoms with Crippen LogP contribution in [0.25, 0.3) is 11.1 Å². The van der Waals surface area contributed by atoms with Gasteiger partial charge in [0.05, 0.1) is 11.1 Å². The Balaban J connectivity index is 2.33. The number of ether oxygens (including phenoxy) is 2. The Morgan fingerprint density at radius 2 is 1.17 bits per heavy atom. The van der Waals surface area contributed by atoms with Crippen LogP contribution in [0, 0.1) is 0 Å². The smallest absolute Gasteiger partial charge is 0.131 e. The van der Waals surface area contributed by atoms with Gasteiger partial charge in [-0.05, 0) is 24.3 Å². The molecule has 0 amide bonds. The van der Waals surface area contributed by atoms with E-state index in [-0.39, 0.29) is 11.5 Å². The molecule has 0 aromatic heterocycles. The molecule has 1 aliphatic rings. The molecule has 0 fully saturated rings. The van der Waals surface area contributed by atoms with Gasteiger partial charge in [0.1, 0.15) is 36.2 Å². The summed E-state index contributed by atoms with van der Waals surface area (Å²) in [4.78, 5) is 0. The Bertz CT molecular complexity index is 539. The average molecular weight is 244 g/mol. The van der Waals surface area contributed by atoms with Crippen molar-refractivity contribution < 1.29 is 19.7 Å². The zero-order valence-corrected chi connectivity index (χ0v) is 9.59. The minimum absolute atomic E-state index is 0.0563. The maximum atomic E-state index is 10.00. The van der Waals surface area contributed by atoms with E-state index in [4.69, 9.17) is 9.47 Å². The number of aromatic hydroxyl groups is 2. The molecule has 92 valence electrons. The van der Waals surface area contributed by atoms with Gasteiger partial charge in [-0.25, -0.2) is 0 Å². The van der Waals surface area contributed by atoms with Crippen LogP contribution in [0.4, 0.5) is 0 Å². The number of benzene rings is 2. The molecule has 0 bridgehead atoms. The van der Waals surface area contributed by atoms with Gasteiger partial charge in [0.15, 0.2) is 0 Å². The van der Waals surface area contributed by atoms with Gasteiger partial charge in [-0.3, -0.25) is 0 Å². The van der Waals surface area contributed by atoms with Crippen LogP contribution >= 0.6 is 0 Å². The van der Waals surface area contributed by atoms with Gasteiger partial charge in [0.25, 0.3) is 0 Å². The lowest BCUT2D eigenvalue weighted by molar-refractivity contribution is 0.213. The predicted molar refractivity (Wildman–Crippen MR) is 66.2 cm³/mol. The summed E-state index contributed by atoms with van der Waals surface area (Å²) in [7, 11) is 0. The highest BCUT2D eigenvalue weighted by atomic mass is 16.5. The summed E-state index contributed by atoms with van der Waals surface area (Å²) in [5.41, 5.74) is 0.926. The van der Waals surface area contributed by atoms with Crippen LogP contribution in [0.2, 0.25) is 0 Å². The molecule has 0 saturated heterocycles. The van der Waals surface area contributed by atoms with Crippen LogP contribution in [-0.4, -0.2) is 23.4 Å². The largest absolute Gasteiger partial charge is 0.507 e. The first kappa shape index (κ1) is 10.8. The Kier molecular flexibility index (Phi) is 2.48. The van der Waals surface area contributed by atoms with Crippen molar-refractivity contribution in [1.82, 2.24) is 0 Å². The maximum absolute atomic E-state index is 10.00. The van der Waals surface area contributed by atoms with Crippen LogP contribution in [-0.2, 0) is 0 Å². The Morgan fingerprint density at radius 3 is 1.61 bits per heavy atom. The fraction of sp³-hybridized carbons (Fsp3) is 0.143. The van der Waals surface area contributed by atoms with Crippen molar-refractivity contribution in [1.29, 1.82) is 0 Å². The second-order valence-corrected chi connectivity index (χ2v) is 4.00. The average Bonchev–Trinajstić information content (AvgIpc) is 2.33. The van der Waals surface area contributed by atoms with E-state index in [2.05, 4.69) is 0 Å². The summed E-state index contributed by atoms with van der Waals surface area (Å²) in [6.07, 6.45) is 0. The Morgan fingerprint density at radius 1 is 0.722 bits per heavy atom. The number of phenols is 2. The minimum Gasteiger partial charge on any atom is -0.507 e. The predicted octanol–water partition coefficient (Wildman–Crippen LogP) is 2.54. The van der Waals surface area contributed by atoms with Gasteiger partial charge in [-0.2, -0.15) is 0 Å². The van der Waals surface area contributed by atoms with Crippen LogP contribution in [0.15, 0.2) is 36.4 Å². The zero-order chi connectivity index (χ0) is 12.5. The second kappa shape index (κ2) is 4.14. The van der Waals surface area contributed by atoms with Crippen molar-refractivity contribution in [2.24, 2.45) is 0 Å². The second-order valence-electron chi connectivity index (χ2n) is 4.00. The summed E-state index contributed by atoms with van der Waals surface area (Å²) in [5, 5.41) is 20.0. The standard InChI is InChI=1S/C14H12O4/c15-9-3-1-5-11-13(9)14-10(16)4-2-6-12(14)18-8-7-17-11/h1-6,15-16H,7-8H2. The molecule has 2 aromatic rings. The van der Waals surface area contributed by atoms with E-state index < -0.39 is 0 Å². The van der Waals surface area contributed by atoms with Gasteiger partial charge in [-0.15, -0.1) is 0 Å². The van der Waals surface area contributed by atoms with Crippen molar-refractivity contribution in [2.75, 3.05) is 13.2 Å². The number of phenolic OH excluding ortho intramolecular Hbond substituents is 2. The van der Waals surface area contributed by atoms with Gasteiger partial charge in [-0.1, -0.05) is 12.1 Å². The molecule has 1 aliphatic heterocycles. The lowest BCUT2D eigenvalue weighted by Gasteiger charge is -2.20. The molecule has 0 aliphatic carbocycles. The highest BCUT2D eigenvalue weighted by molar-refractivity contribution is 5.85. The van der Waals surface area contributed by atoms with Crippen molar-refractivity contribution in [3.63, 3.8) is 0 Å². The monoisotopic (exact) mass is 244 g/mol. The van der Waals surface area contributed by atoms with Gasteiger partial charge >= 0.3 is 0 Å². The first-order valence-electron chi connectivity index (χ1n) is 5.67. The van der Waals surface area contributed by atoms with Crippen LogP contribution in [0.3, 0.4) is 0 Å². The van der Waals surface area contributed by atoms with Crippen molar-refractivity contribution in [3.8, 4) is 34.1 Å². The molecule has 18 heavy (non-hydrogen) atoms. The topological polar surface area (TPSA) is 58.9 Å². The quantitative estimate of drug-likeness (QED) is 0.747. The first-order chi connectivity index (χ1) is 8.77. The molecular weight excluding hydrogens is 232 g/mol. The highest BCUT2D eigenvalue weighted by Crippen LogP contribution is 2.47. The number of hydrogen-bond acceptors (Lipinski definition) is 4. The van der Waals surface area contributed by atoms with Crippen molar-refractivity contribution >= 4 is 0 Å². The number of hydrogen-bond donors (Lipinski definition) is 2. The number of fused-ring (bicyclic) bond motifs is 3. The molecule has 2 N–H and O–H groups in total. The van der Waals surface area contributed by atoms with Gasteiger partial charge in [0.2, 0.25) is 0 Å². The summed E-state index contributed by atoms with van der Waals surface area (Å²) in [6.45, 7) is 0.789. The van der Waals surface area contributed by atoms with E-state index >= 15 is 0 Å². The summed E-state index contributed by atoms with van der Waals surface area (Å²) in [6, 6.07) is 10.0. The molecule has 0 radical (unpaired) electrons. The highest BCUT2D eigenvalue weighted by Gasteiger charge is 2.21. The summed E-state index contributed by atoms with van der Waals surface area (Å²) >= 11 is 0. The fourth-order valence-electron chi connectivity index (χ4n) is 2.09. The van der Waals surface area contributed by atoms with Gasteiger partial charge < -0.3 is 19.7 Å². The molecule has 1 heterocycles. The van der Waals surface area contributed by atoms with Crippen molar-refractivity contribution in [3.05, 3.63) is 36.4 Å². The molecular formula is C14H12O4. The number of rotatable bonds is 0. The van der Waals surface area contributed by atoms with E-state index in [1.54, 1.807) is 36.4 Å². The molecule has 0 saturated carbocycles. The van der Waals surface area contributed by atoms with E-state index in [9.17, 15) is 10.2 Å². The maximum Gasteiger partial charge on any atom is 0.131 e. The fourth-order valence-corrected chi connectivity index (χ4v) is 2.09. The molecule has 0 spiro atoms. The van der Waals surface area contributed by atoms with E-state index in [0.29, 0.717) is 35.8 Å². The lowest BCUT2D eigenvalue weighted by atomic mass is 10.0. The molecule has 0 atom stereocenters. The first-order valence-corrected chi connectivity index (χ1v) is 5.67. The van der Waals surface area contributed by atoms with Crippen LogP contribution < -0.4 is 9.47 Å². The van der Waals surface area contributed by atoms with E-state index in [0.717, 1.165) is 0 Å².